The highest BCUT2D eigenvalue weighted by Gasteiger charge is 2.28. The number of piperazine rings is 1. The Morgan fingerprint density at radius 1 is 1.09 bits per heavy atom. The highest BCUT2D eigenvalue weighted by atomic mass is 16.3. The van der Waals surface area contributed by atoms with Crippen molar-refractivity contribution in [3.63, 3.8) is 0 Å². The molecular formula is C17H24N2O3. The molecule has 1 saturated carbocycles. The molecule has 2 aliphatic rings. The second kappa shape index (κ2) is 6.55. The SMILES string of the molecule is Cc1ccc(C(=O)N2CCN(C(=O)CC3CCCC3)CC2)o1. The zero-order valence-electron chi connectivity index (χ0n) is 13.2. The molecular weight excluding hydrogens is 280 g/mol. The second-order valence-corrected chi connectivity index (χ2v) is 6.44. The van der Waals surface area contributed by atoms with Crippen molar-refractivity contribution >= 4 is 11.8 Å². The van der Waals surface area contributed by atoms with Gasteiger partial charge in [-0.15, -0.1) is 0 Å². The Balaban J connectivity index is 1.49. The van der Waals surface area contributed by atoms with Crippen LogP contribution in [-0.2, 0) is 4.79 Å². The van der Waals surface area contributed by atoms with E-state index in [1.165, 1.54) is 25.7 Å². The average Bonchev–Trinajstić information content (AvgIpc) is 3.18. The summed E-state index contributed by atoms with van der Waals surface area (Å²) in [6, 6.07) is 3.52. The fourth-order valence-corrected chi connectivity index (χ4v) is 3.45. The van der Waals surface area contributed by atoms with E-state index < -0.39 is 0 Å². The first-order valence-electron chi connectivity index (χ1n) is 8.27. The summed E-state index contributed by atoms with van der Waals surface area (Å²) in [4.78, 5) is 28.3. The molecule has 0 aromatic carbocycles. The lowest BCUT2D eigenvalue weighted by Crippen LogP contribution is -2.50. The van der Waals surface area contributed by atoms with Crippen LogP contribution in [0.15, 0.2) is 16.5 Å². The van der Waals surface area contributed by atoms with Gasteiger partial charge in [0, 0.05) is 32.6 Å². The number of amides is 2. The van der Waals surface area contributed by atoms with E-state index in [4.69, 9.17) is 4.42 Å². The van der Waals surface area contributed by atoms with E-state index >= 15 is 0 Å². The number of carbonyl (C=O) groups excluding carboxylic acids is 2. The van der Waals surface area contributed by atoms with Gasteiger partial charge in [0.25, 0.3) is 5.91 Å². The van der Waals surface area contributed by atoms with Crippen LogP contribution in [0.3, 0.4) is 0 Å². The number of furan rings is 1. The molecule has 0 N–H and O–H groups in total. The van der Waals surface area contributed by atoms with E-state index in [2.05, 4.69) is 0 Å². The van der Waals surface area contributed by atoms with Gasteiger partial charge in [-0.2, -0.15) is 0 Å². The zero-order chi connectivity index (χ0) is 15.5. The molecule has 2 amide bonds. The zero-order valence-corrected chi connectivity index (χ0v) is 13.2. The Morgan fingerprint density at radius 3 is 2.32 bits per heavy atom. The number of aryl methyl sites for hydroxylation is 1. The van der Waals surface area contributed by atoms with E-state index in [0.29, 0.717) is 44.3 Å². The van der Waals surface area contributed by atoms with Crippen molar-refractivity contribution in [2.75, 3.05) is 26.2 Å². The molecule has 0 spiro atoms. The maximum Gasteiger partial charge on any atom is 0.289 e. The summed E-state index contributed by atoms with van der Waals surface area (Å²) in [6.45, 7) is 4.29. The van der Waals surface area contributed by atoms with Crippen LogP contribution >= 0.6 is 0 Å². The first-order valence-corrected chi connectivity index (χ1v) is 8.27. The minimum Gasteiger partial charge on any atom is -0.456 e. The molecule has 1 aliphatic heterocycles. The van der Waals surface area contributed by atoms with Crippen molar-refractivity contribution in [2.24, 2.45) is 5.92 Å². The summed E-state index contributed by atoms with van der Waals surface area (Å²) in [5, 5.41) is 0. The largest absolute Gasteiger partial charge is 0.456 e. The van der Waals surface area contributed by atoms with Crippen LogP contribution in [0, 0.1) is 12.8 Å². The Hall–Kier alpha value is -1.78. The van der Waals surface area contributed by atoms with Crippen LogP contribution in [0.2, 0.25) is 0 Å². The monoisotopic (exact) mass is 304 g/mol. The number of rotatable bonds is 3. The third-order valence-electron chi connectivity index (χ3n) is 4.81. The molecule has 0 atom stereocenters. The van der Waals surface area contributed by atoms with Crippen molar-refractivity contribution in [2.45, 2.75) is 39.0 Å². The van der Waals surface area contributed by atoms with Crippen LogP contribution in [0.25, 0.3) is 0 Å². The van der Waals surface area contributed by atoms with E-state index in [9.17, 15) is 9.59 Å². The van der Waals surface area contributed by atoms with Gasteiger partial charge in [-0.05, 0) is 37.8 Å². The Bertz CT molecular complexity index is 538. The molecule has 0 unspecified atom stereocenters. The fourth-order valence-electron chi connectivity index (χ4n) is 3.45. The molecule has 1 aromatic rings. The molecule has 5 nitrogen and oxygen atoms in total. The Kier molecular flexibility index (Phi) is 4.50. The second-order valence-electron chi connectivity index (χ2n) is 6.44. The number of nitrogens with zero attached hydrogens (tertiary/aromatic N) is 2. The maximum atomic E-state index is 12.3. The molecule has 0 radical (unpaired) electrons. The van der Waals surface area contributed by atoms with Crippen molar-refractivity contribution < 1.29 is 14.0 Å². The van der Waals surface area contributed by atoms with Crippen LogP contribution in [0.5, 0.6) is 0 Å². The summed E-state index contributed by atoms with van der Waals surface area (Å²) >= 11 is 0. The number of hydrogen-bond acceptors (Lipinski definition) is 3. The summed E-state index contributed by atoms with van der Waals surface area (Å²) in [5.74, 6) is 1.90. The van der Waals surface area contributed by atoms with Crippen LogP contribution in [-0.4, -0.2) is 47.8 Å². The van der Waals surface area contributed by atoms with Gasteiger partial charge >= 0.3 is 0 Å². The van der Waals surface area contributed by atoms with Crippen molar-refractivity contribution in [3.05, 3.63) is 23.7 Å². The molecule has 22 heavy (non-hydrogen) atoms. The highest BCUT2D eigenvalue weighted by Crippen LogP contribution is 2.28. The summed E-state index contributed by atoms with van der Waals surface area (Å²) in [5.41, 5.74) is 0. The molecule has 3 rings (SSSR count). The van der Waals surface area contributed by atoms with Gasteiger partial charge in [-0.25, -0.2) is 0 Å². The Labute approximate surface area is 131 Å². The van der Waals surface area contributed by atoms with Gasteiger partial charge in [0.1, 0.15) is 5.76 Å². The van der Waals surface area contributed by atoms with E-state index in [1.54, 1.807) is 17.0 Å². The topological polar surface area (TPSA) is 53.8 Å². The van der Waals surface area contributed by atoms with E-state index in [-0.39, 0.29) is 11.8 Å². The lowest BCUT2D eigenvalue weighted by atomic mass is 10.0. The van der Waals surface area contributed by atoms with Gasteiger partial charge in [-0.1, -0.05) is 12.8 Å². The third-order valence-corrected chi connectivity index (χ3v) is 4.81. The normalized spacial score (nSPS) is 19.7. The lowest BCUT2D eigenvalue weighted by molar-refractivity contribution is -0.133. The van der Waals surface area contributed by atoms with Crippen molar-refractivity contribution in [3.8, 4) is 0 Å². The Morgan fingerprint density at radius 2 is 1.73 bits per heavy atom. The van der Waals surface area contributed by atoms with Gasteiger partial charge in [0.05, 0.1) is 0 Å². The predicted octanol–water partition coefficient (Wildman–Crippen LogP) is 2.45. The standard InChI is InChI=1S/C17H24N2O3/c1-13-6-7-15(22-13)17(21)19-10-8-18(9-11-19)16(20)12-14-4-2-3-5-14/h6-7,14H,2-5,8-12H2,1H3. The van der Waals surface area contributed by atoms with Gasteiger partial charge < -0.3 is 14.2 Å². The lowest BCUT2D eigenvalue weighted by Gasteiger charge is -2.34. The van der Waals surface area contributed by atoms with E-state index in [1.807, 2.05) is 11.8 Å². The van der Waals surface area contributed by atoms with Gasteiger partial charge in [0.15, 0.2) is 5.76 Å². The number of carbonyl (C=O) groups is 2. The predicted molar refractivity (Wildman–Crippen MR) is 82.5 cm³/mol. The quantitative estimate of drug-likeness (QED) is 0.862. The van der Waals surface area contributed by atoms with Crippen molar-refractivity contribution in [1.82, 2.24) is 9.80 Å². The van der Waals surface area contributed by atoms with Crippen LogP contribution in [0.4, 0.5) is 0 Å². The molecule has 1 aliphatic carbocycles. The smallest absolute Gasteiger partial charge is 0.289 e. The molecule has 1 aromatic heterocycles. The number of hydrogen-bond donors (Lipinski definition) is 0. The average molecular weight is 304 g/mol. The molecule has 2 heterocycles. The first-order chi connectivity index (χ1) is 10.6. The summed E-state index contributed by atoms with van der Waals surface area (Å²) in [7, 11) is 0. The molecule has 120 valence electrons. The molecule has 2 fully saturated rings. The molecule has 1 saturated heterocycles. The van der Waals surface area contributed by atoms with Crippen molar-refractivity contribution in [1.29, 1.82) is 0 Å². The minimum absolute atomic E-state index is 0.0732. The fraction of sp³-hybridized carbons (Fsp3) is 0.647. The third kappa shape index (κ3) is 3.34. The summed E-state index contributed by atoms with van der Waals surface area (Å²) < 4.78 is 5.39. The molecule has 5 heteroatoms. The first kappa shape index (κ1) is 15.1. The highest BCUT2D eigenvalue weighted by molar-refractivity contribution is 5.91. The minimum atomic E-state index is -0.0732. The summed E-state index contributed by atoms with van der Waals surface area (Å²) in [6.07, 6.45) is 5.61. The molecule has 0 bridgehead atoms. The van der Waals surface area contributed by atoms with E-state index in [0.717, 1.165) is 5.76 Å². The van der Waals surface area contributed by atoms with Gasteiger partial charge in [0.2, 0.25) is 5.91 Å². The van der Waals surface area contributed by atoms with Gasteiger partial charge in [-0.3, -0.25) is 9.59 Å². The van der Waals surface area contributed by atoms with Crippen LogP contribution < -0.4 is 0 Å². The van der Waals surface area contributed by atoms with Crippen LogP contribution in [0.1, 0.15) is 48.4 Å². The maximum absolute atomic E-state index is 12.3.